The van der Waals surface area contributed by atoms with Gasteiger partial charge >= 0.3 is 0 Å². The van der Waals surface area contributed by atoms with Crippen LogP contribution in [-0.4, -0.2) is 36.6 Å². The summed E-state index contributed by atoms with van der Waals surface area (Å²) in [5, 5.41) is 3.66. The Morgan fingerprint density at radius 1 is 0.944 bits per heavy atom. The van der Waals surface area contributed by atoms with E-state index in [1.54, 1.807) is 0 Å². The minimum atomic E-state index is 0.314. The van der Waals surface area contributed by atoms with Crippen molar-refractivity contribution in [2.24, 2.45) is 5.92 Å². The van der Waals surface area contributed by atoms with E-state index in [1.165, 1.54) is 64.5 Å². The van der Waals surface area contributed by atoms with Crippen LogP contribution in [0.2, 0.25) is 0 Å². The second-order valence-electron chi connectivity index (χ2n) is 6.87. The molecule has 2 heteroatoms. The van der Waals surface area contributed by atoms with Crippen LogP contribution >= 0.6 is 0 Å². The Bertz CT molecular complexity index is 235. The standard InChI is InChI=1S/C16H32N2/c1-16(2,18-12-8-4-5-9-13-18)15(17-3)14-10-6-7-11-14/h14-15,17H,4-13H2,1-3H3. The van der Waals surface area contributed by atoms with Crippen molar-refractivity contribution in [3.63, 3.8) is 0 Å². The maximum atomic E-state index is 3.66. The summed E-state index contributed by atoms with van der Waals surface area (Å²) in [6.07, 6.45) is 11.4. The lowest BCUT2D eigenvalue weighted by Crippen LogP contribution is -2.59. The van der Waals surface area contributed by atoms with Crippen molar-refractivity contribution >= 4 is 0 Å². The minimum Gasteiger partial charge on any atom is -0.315 e. The first-order chi connectivity index (χ1) is 8.66. The Kier molecular flexibility index (Phi) is 5.08. The van der Waals surface area contributed by atoms with Crippen LogP contribution < -0.4 is 5.32 Å². The second-order valence-corrected chi connectivity index (χ2v) is 6.87. The van der Waals surface area contributed by atoms with Gasteiger partial charge in [0.15, 0.2) is 0 Å². The third-order valence-corrected chi connectivity index (χ3v) is 5.36. The van der Waals surface area contributed by atoms with Gasteiger partial charge in [-0.05, 0) is 65.6 Å². The van der Waals surface area contributed by atoms with E-state index in [1.807, 2.05) is 0 Å². The molecule has 0 bridgehead atoms. The molecule has 1 saturated carbocycles. The van der Waals surface area contributed by atoms with E-state index < -0.39 is 0 Å². The molecule has 0 amide bonds. The van der Waals surface area contributed by atoms with Gasteiger partial charge < -0.3 is 5.32 Å². The number of hydrogen-bond donors (Lipinski definition) is 1. The summed E-state index contributed by atoms with van der Waals surface area (Å²) in [4.78, 5) is 2.76. The van der Waals surface area contributed by atoms with Crippen LogP contribution in [0.4, 0.5) is 0 Å². The molecule has 1 N–H and O–H groups in total. The lowest BCUT2D eigenvalue weighted by atomic mass is 9.82. The number of hydrogen-bond acceptors (Lipinski definition) is 2. The fourth-order valence-corrected chi connectivity index (χ4v) is 4.30. The molecule has 0 radical (unpaired) electrons. The fraction of sp³-hybridized carbons (Fsp3) is 1.00. The average Bonchev–Trinajstić information content (AvgIpc) is 2.70. The van der Waals surface area contributed by atoms with Crippen LogP contribution in [0.25, 0.3) is 0 Å². The Hall–Kier alpha value is -0.0800. The summed E-state index contributed by atoms with van der Waals surface area (Å²) in [5.41, 5.74) is 0.314. The normalized spacial score (nSPS) is 26.2. The third kappa shape index (κ3) is 3.08. The van der Waals surface area contributed by atoms with Crippen LogP contribution in [0.5, 0.6) is 0 Å². The summed E-state index contributed by atoms with van der Waals surface area (Å²) in [7, 11) is 2.17. The summed E-state index contributed by atoms with van der Waals surface area (Å²) in [5.74, 6) is 0.897. The smallest absolute Gasteiger partial charge is 0.0308 e. The first kappa shape index (κ1) is 14.3. The zero-order valence-electron chi connectivity index (χ0n) is 12.7. The van der Waals surface area contributed by atoms with Gasteiger partial charge in [0, 0.05) is 11.6 Å². The van der Waals surface area contributed by atoms with Crippen LogP contribution in [0.15, 0.2) is 0 Å². The van der Waals surface area contributed by atoms with Crippen molar-refractivity contribution in [2.75, 3.05) is 20.1 Å². The van der Waals surface area contributed by atoms with E-state index in [0.29, 0.717) is 11.6 Å². The quantitative estimate of drug-likeness (QED) is 0.825. The predicted molar refractivity (Wildman–Crippen MR) is 78.9 cm³/mol. The van der Waals surface area contributed by atoms with E-state index in [2.05, 4.69) is 31.1 Å². The van der Waals surface area contributed by atoms with Crippen LogP contribution in [-0.2, 0) is 0 Å². The monoisotopic (exact) mass is 252 g/mol. The molecule has 18 heavy (non-hydrogen) atoms. The van der Waals surface area contributed by atoms with Crippen molar-refractivity contribution in [1.29, 1.82) is 0 Å². The molecule has 2 nitrogen and oxygen atoms in total. The molecule has 0 spiro atoms. The highest BCUT2D eigenvalue weighted by Gasteiger charge is 2.39. The van der Waals surface area contributed by atoms with Gasteiger partial charge in [-0.2, -0.15) is 0 Å². The molecular weight excluding hydrogens is 220 g/mol. The largest absolute Gasteiger partial charge is 0.315 e. The molecule has 2 rings (SSSR count). The Morgan fingerprint density at radius 2 is 1.50 bits per heavy atom. The third-order valence-electron chi connectivity index (χ3n) is 5.36. The van der Waals surface area contributed by atoms with Gasteiger partial charge in [0.25, 0.3) is 0 Å². The fourth-order valence-electron chi connectivity index (χ4n) is 4.30. The van der Waals surface area contributed by atoms with Crippen molar-refractivity contribution in [3.8, 4) is 0 Å². The maximum absolute atomic E-state index is 3.66. The van der Waals surface area contributed by atoms with Crippen molar-refractivity contribution < 1.29 is 0 Å². The number of rotatable bonds is 4. The first-order valence-electron chi connectivity index (χ1n) is 8.08. The van der Waals surface area contributed by atoms with Gasteiger partial charge in [-0.3, -0.25) is 4.90 Å². The van der Waals surface area contributed by atoms with E-state index in [0.717, 1.165) is 5.92 Å². The average molecular weight is 252 g/mol. The van der Waals surface area contributed by atoms with Crippen molar-refractivity contribution in [1.82, 2.24) is 10.2 Å². The van der Waals surface area contributed by atoms with Crippen LogP contribution in [0.1, 0.15) is 65.2 Å². The molecule has 1 atom stereocenters. The van der Waals surface area contributed by atoms with Crippen molar-refractivity contribution in [2.45, 2.75) is 76.8 Å². The number of nitrogens with one attached hydrogen (secondary N) is 1. The van der Waals surface area contributed by atoms with E-state index in [9.17, 15) is 0 Å². The Morgan fingerprint density at radius 3 is 2.00 bits per heavy atom. The van der Waals surface area contributed by atoms with Gasteiger partial charge in [0.1, 0.15) is 0 Å². The van der Waals surface area contributed by atoms with Crippen LogP contribution in [0.3, 0.4) is 0 Å². The molecule has 106 valence electrons. The molecule has 2 fully saturated rings. The van der Waals surface area contributed by atoms with E-state index in [-0.39, 0.29) is 0 Å². The van der Waals surface area contributed by atoms with Crippen molar-refractivity contribution in [3.05, 3.63) is 0 Å². The molecular formula is C16H32N2. The number of likely N-dealkylation sites (N-methyl/N-ethyl adjacent to an activating group) is 1. The van der Waals surface area contributed by atoms with Crippen LogP contribution in [0, 0.1) is 5.92 Å². The molecule has 1 aliphatic heterocycles. The van der Waals surface area contributed by atoms with Gasteiger partial charge in [0.2, 0.25) is 0 Å². The summed E-state index contributed by atoms with van der Waals surface area (Å²) in [6.45, 7) is 7.55. The highest BCUT2D eigenvalue weighted by atomic mass is 15.2. The molecule has 0 aromatic rings. The van der Waals surface area contributed by atoms with Gasteiger partial charge in [-0.1, -0.05) is 25.7 Å². The highest BCUT2D eigenvalue weighted by Crippen LogP contribution is 2.35. The molecule has 2 aliphatic rings. The summed E-state index contributed by atoms with van der Waals surface area (Å²) >= 11 is 0. The van der Waals surface area contributed by atoms with Gasteiger partial charge in [-0.25, -0.2) is 0 Å². The van der Waals surface area contributed by atoms with E-state index in [4.69, 9.17) is 0 Å². The van der Waals surface area contributed by atoms with Gasteiger partial charge in [-0.15, -0.1) is 0 Å². The molecule has 0 aromatic heterocycles. The zero-order chi connectivity index (χ0) is 13.0. The molecule has 1 unspecified atom stereocenters. The topological polar surface area (TPSA) is 15.3 Å². The molecule has 1 heterocycles. The number of nitrogens with zero attached hydrogens (tertiary/aromatic N) is 1. The summed E-state index contributed by atoms with van der Waals surface area (Å²) < 4.78 is 0. The lowest BCUT2D eigenvalue weighted by Gasteiger charge is -2.46. The van der Waals surface area contributed by atoms with E-state index >= 15 is 0 Å². The van der Waals surface area contributed by atoms with Gasteiger partial charge in [0.05, 0.1) is 0 Å². The zero-order valence-corrected chi connectivity index (χ0v) is 12.7. The SMILES string of the molecule is CNC(C1CCCC1)C(C)(C)N1CCCCCC1. The molecule has 1 saturated heterocycles. The maximum Gasteiger partial charge on any atom is 0.0308 e. The summed E-state index contributed by atoms with van der Waals surface area (Å²) in [6, 6.07) is 0.665. The Balaban J connectivity index is 2.05. The second kappa shape index (κ2) is 6.38. The molecule has 0 aromatic carbocycles. The Labute approximate surface area is 114 Å². The minimum absolute atomic E-state index is 0.314. The number of likely N-dealkylation sites (tertiary alicyclic amines) is 1. The first-order valence-corrected chi connectivity index (χ1v) is 8.08. The highest BCUT2D eigenvalue weighted by molar-refractivity contribution is 4.98. The predicted octanol–water partition coefficient (Wildman–Crippen LogP) is 3.42. The molecule has 1 aliphatic carbocycles. The lowest BCUT2D eigenvalue weighted by molar-refractivity contribution is 0.0627.